The van der Waals surface area contributed by atoms with Crippen molar-refractivity contribution in [3.63, 3.8) is 0 Å². The third-order valence-electron chi connectivity index (χ3n) is 2.29. The Morgan fingerprint density at radius 3 is 2.76 bits per heavy atom. The Bertz CT molecular complexity index is 383. The Morgan fingerprint density at radius 2 is 2.18 bits per heavy atom. The molecular weight excluding hydrogens is 223 g/mol. The van der Waals surface area contributed by atoms with E-state index in [4.69, 9.17) is 10.5 Å². The molecule has 0 aliphatic rings. The zero-order chi connectivity index (χ0) is 12.8. The van der Waals surface area contributed by atoms with Gasteiger partial charge < -0.3 is 15.4 Å². The van der Waals surface area contributed by atoms with Crippen LogP contribution in [-0.4, -0.2) is 37.0 Å². The number of nitrogens with zero attached hydrogens (tertiary/aromatic N) is 1. The SMILES string of the molecule is C[C@@H](N)C(=O)N(C)CCOc1ccccc1F. The number of nitrogens with two attached hydrogens (primary N) is 1. The smallest absolute Gasteiger partial charge is 0.239 e. The Hall–Kier alpha value is -1.62. The van der Waals surface area contributed by atoms with E-state index >= 15 is 0 Å². The van der Waals surface area contributed by atoms with Crippen molar-refractivity contribution in [2.24, 2.45) is 5.73 Å². The summed E-state index contributed by atoms with van der Waals surface area (Å²) in [6.45, 7) is 2.22. The third kappa shape index (κ3) is 4.03. The zero-order valence-electron chi connectivity index (χ0n) is 10.0. The predicted octanol–water partition coefficient (Wildman–Crippen LogP) is 1.01. The zero-order valence-corrected chi connectivity index (χ0v) is 10.0. The summed E-state index contributed by atoms with van der Waals surface area (Å²) in [6, 6.07) is 5.62. The van der Waals surface area contributed by atoms with Crippen LogP contribution in [0.2, 0.25) is 0 Å². The average Bonchev–Trinajstić information content (AvgIpc) is 2.30. The molecule has 0 aromatic heterocycles. The average molecular weight is 240 g/mol. The van der Waals surface area contributed by atoms with Crippen LogP contribution in [0.1, 0.15) is 6.92 Å². The molecule has 4 nitrogen and oxygen atoms in total. The van der Waals surface area contributed by atoms with E-state index < -0.39 is 11.9 Å². The van der Waals surface area contributed by atoms with Gasteiger partial charge in [0.15, 0.2) is 11.6 Å². The van der Waals surface area contributed by atoms with E-state index in [0.29, 0.717) is 6.54 Å². The van der Waals surface area contributed by atoms with Crippen LogP contribution in [0.25, 0.3) is 0 Å². The number of halogens is 1. The number of carbonyl (C=O) groups excluding carboxylic acids is 1. The van der Waals surface area contributed by atoms with Gasteiger partial charge in [-0.05, 0) is 19.1 Å². The lowest BCUT2D eigenvalue weighted by Gasteiger charge is -2.19. The van der Waals surface area contributed by atoms with Crippen LogP contribution in [-0.2, 0) is 4.79 Å². The quantitative estimate of drug-likeness (QED) is 0.835. The summed E-state index contributed by atoms with van der Waals surface area (Å²) in [5, 5.41) is 0. The van der Waals surface area contributed by atoms with Crippen molar-refractivity contribution >= 4 is 5.91 Å². The number of para-hydroxylation sites is 1. The Labute approximate surface area is 100 Å². The van der Waals surface area contributed by atoms with Gasteiger partial charge >= 0.3 is 0 Å². The second-order valence-corrected chi connectivity index (χ2v) is 3.83. The first kappa shape index (κ1) is 13.4. The second-order valence-electron chi connectivity index (χ2n) is 3.83. The molecule has 0 radical (unpaired) electrons. The van der Waals surface area contributed by atoms with E-state index in [-0.39, 0.29) is 18.3 Å². The monoisotopic (exact) mass is 240 g/mol. The highest BCUT2D eigenvalue weighted by Gasteiger charge is 2.13. The number of rotatable bonds is 5. The first-order valence-electron chi connectivity index (χ1n) is 5.40. The first-order chi connectivity index (χ1) is 8.02. The van der Waals surface area contributed by atoms with Crippen molar-refractivity contribution in [3.05, 3.63) is 30.1 Å². The van der Waals surface area contributed by atoms with Crippen molar-refractivity contribution in [1.29, 1.82) is 0 Å². The van der Waals surface area contributed by atoms with Crippen molar-refractivity contribution in [3.8, 4) is 5.75 Å². The maximum Gasteiger partial charge on any atom is 0.239 e. The number of hydrogen-bond donors (Lipinski definition) is 1. The number of benzene rings is 1. The van der Waals surface area contributed by atoms with E-state index in [1.165, 1.54) is 11.0 Å². The highest BCUT2D eigenvalue weighted by molar-refractivity contribution is 5.80. The van der Waals surface area contributed by atoms with Crippen molar-refractivity contribution < 1.29 is 13.9 Å². The molecule has 1 aromatic carbocycles. The minimum Gasteiger partial charge on any atom is -0.489 e. The molecule has 0 unspecified atom stereocenters. The van der Waals surface area contributed by atoms with E-state index in [2.05, 4.69) is 0 Å². The molecule has 0 saturated carbocycles. The molecule has 0 heterocycles. The molecule has 1 aromatic rings. The van der Waals surface area contributed by atoms with Crippen molar-refractivity contribution in [1.82, 2.24) is 4.90 Å². The number of carbonyl (C=O) groups is 1. The van der Waals surface area contributed by atoms with Crippen LogP contribution in [0.15, 0.2) is 24.3 Å². The van der Waals surface area contributed by atoms with Crippen LogP contribution in [0.3, 0.4) is 0 Å². The van der Waals surface area contributed by atoms with Crippen LogP contribution in [0, 0.1) is 5.82 Å². The number of amides is 1. The van der Waals surface area contributed by atoms with Crippen molar-refractivity contribution in [2.75, 3.05) is 20.2 Å². The Kier molecular flexibility index (Phi) is 4.90. The second kappa shape index (κ2) is 6.20. The van der Waals surface area contributed by atoms with Crippen molar-refractivity contribution in [2.45, 2.75) is 13.0 Å². The highest BCUT2D eigenvalue weighted by atomic mass is 19.1. The fourth-order valence-electron chi connectivity index (χ4n) is 1.31. The van der Waals surface area contributed by atoms with E-state index in [0.717, 1.165) is 0 Å². The summed E-state index contributed by atoms with van der Waals surface area (Å²) in [4.78, 5) is 12.9. The molecule has 94 valence electrons. The van der Waals surface area contributed by atoms with Gasteiger partial charge in [-0.2, -0.15) is 0 Å². The fourth-order valence-corrected chi connectivity index (χ4v) is 1.31. The standard InChI is InChI=1S/C12H17FN2O2/c1-9(14)12(16)15(2)7-8-17-11-6-4-3-5-10(11)13/h3-6,9H,7-8,14H2,1-2H3/t9-/m1/s1. The lowest BCUT2D eigenvalue weighted by Crippen LogP contribution is -2.41. The summed E-state index contributed by atoms with van der Waals surface area (Å²) in [5.41, 5.74) is 5.45. The molecule has 0 saturated heterocycles. The van der Waals surface area contributed by atoms with Crippen LogP contribution in [0.5, 0.6) is 5.75 Å². The summed E-state index contributed by atoms with van der Waals surface area (Å²) >= 11 is 0. The minimum absolute atomic E-state index is 0.165. The first-order valence-corrected chi connectivity index (χ1v) is 5.40. The molecule has 0 aliphatic heterocycles. The molecule has 0 aliphatic carbocycles. The van der Waals surface area contributed by atoms with Gasteiger partial charge in [0, 0.05) is 7.05 Å². The fraction of sp³-hybridized carbons (Fsp3) is 0.417. The molecule has 2 N–H and O–H groups in total. The minimum atomic E-state index is -0.534. The molecule has 0 fully saturated rings. The highest BCUT2D eigenvalue weighted by Crippen LogP contribution is 2.14. The normalized spacial score (nSPS) is 12.0. The van der Waals surface area contributed by atoms with E-state index in [9.17, 15) is 9.18 Å². The lowest BCUT2D eigenvalue weighted by molar-refractivity contribution is -0.131. The van der Waals surface area contributed by atoms with Crippen LogP contribution in [0.4, 0.5) is 4.39 Å². The van der Waals surface area contributed by atoms with Gasteiger partial charge in [-0.1, -0.05) is 12.1 Å². The van der Waals surface area contributed by atoms with E-state index in [1.807, 2.05) is 0 Å². The van der Waals surface area contributed by atoms with Crippen LogP contribution >= 0.6 is 0 Å². The maximum atomic E-state index is 13.2. The number of hydrogen-bond acceptors (Lipinski definition) is 3. The molecule has 1 atom stereocenters. The molecule has 0 bridgehead atoms. The van der Waals surface area contributed by atoms with Gasteiger partial charge in [-0.15, -0.1) is 0 Å². The van der Waals surface area contributed by atoms with Crippen LogP contribution < -0.4 is 10.5 Å². The van der Waals surface area contributed by atoms with Gasteiger partial charge in [0.05, 0.1) is 12.6 Å². The largest absolute Gasteiger partial charge is 0.489 e. The topological polar surface area (TPSA) is 55.6 Å². The van der Waals surface area contributed by atoms with Gasteiger partial charge in [-0.3, -0.25) is 4.79 Å². The van der Waals surface area contributed by atoms with Gasteiger partial charge in [0.25, 0.3) is 0 Å². The maximum absolute atomic E-state index is 13.2. The Morgan fingerprint density at radius 1 is 1.53 bits per heavy atom. The Balaban J connectivity index is 2.38. The molecule has 5 heteroatoms. The summed E-state index contributed by atoms with van der Waals surface area (Å²) in [5.74, 6) is -0.384. The third-order valence-corrected chi connectivity index (χ3v) is 2.29. The number of likely N-dealkylation sites (N-methyl/N-ethyl adjacent to an activating group) is 1. The molecule has 1 amide bonds. The summed E-state index contributed by atoms with van der Waals surface area (Å²) < 4.78 is 18.4. The molecule has 17 heavy (non-hydrogen) atoms. The number of ether oxygens (including phenoxy) is 1. The molecule has 1 rings (SSSR count). The van der Waals surface area contributed by atoms with Gasteiger partial charge in [0.2, 0.25) is 5.91 Å². The molecule has 0 spiro atoms. The van der Waals surface area contributed by atoms with Gasteiger partial charge in [-0.25, -0.2) is 4.39 Å². The van der Waals surface area contributed by atoms with Gasteiger partial charge in [0.1, 0.15) is 6.61 Å². The van der Waals surface area contributed by atoms with E-state index in [1.54, 1.807) is 32.2 Å². The molecular formula is C12H17FN2O2. The summed E-state index contributed by atoms with van der Waals surface area (Å²) in [6.07, 6.45) is 0. The lowest BCUT2D eigenvalue weighted by atomic mass is 10.3. The predicted molar refractivity (Wildman–Crippen MR) is 63.2 cm³/mol. The summed E-state index contributed by atoms with van der Waals surface area (Å²) in [7, 11) is 1.64.